The average Bonchev–Trinajstić information content (AvgIpc) is 2.93. The van der Waals surface area contributed by atoms with Crippen molar-refractivity contribution in [2.45, 2.75) is 26.4 Å². The number of nitrogens with zero attached hydrogens (tertiary/aromatic N) is 1. The summed E-state index contributed by atoms with van der Waals surface area (Å²) in [6.07, 6.45) is 1.86. The monoisotopic (exact) mass is 276 g/mol. The summed E-state index contributed by atoms with van der Waals surface area (Å²) in [7, 11) is 1.63. The van der Waals surface area contributed by atoms with Crippen molar-refractivity contribution in [3.05, 3.63) is 46.3 Å². The topological polar surface area (TPSA) is 34.1 Å². The highest BCUT2D eigenvalue weighted by atomic mass is 32.1. The molecular formula is C15H20N2OS. The van der Waals surface area contributed by atoms with Crippen LogP contribution < -0.4 is 10.1 Å². The van der Waals surface area contributed by atoms with Crippen molar-refractivity contribution in [2.75, 3.05) is 7.11 Å². The largest absolute Gasteiger partial charge is 0.481 e. The molecule has 1 unspecified atom stereocenters. The van der Waals surface area contributed by atoms with Gasteiger partial charge >= 0.3 is 0 Å². The summed E-state index contributed by atoms with van der Waals surface area (Å²) in [5.74, 6) is 1.22. The van der Waals surface area contributed by atoms with Gasteiger partial charge in [-0.3, -0.25) is 0 Å². The van der Waals surface area contributed by atoms with Gasteiger partial charge in [0, 0.05) is 29.7 Å². The average molecular weight is 276 g/mol. The van der Waals surface area contributed by atoms with Crippen LogP contribution >= 0.6 is 11.3 Å². The van der Waals surface area contributed by atoms with Crippen molar-refractivity contribution in [1.29, 1.82) is 0 Å². The Labute approximate surface area is 118 Å². The molecule has 2 heterocycles. The molecule has 0 aromatic carbocycles. The Morgan fingerprint density at radius 3 is 2.68 bits per heavy atom. The van der Waals surface area contributed by atoms with Crippen molar-refractivity contribution in [2.24, 2.45) is 5.92 Å². The summed E-state index contributed by atoms with van der Waals surface area (Å²) >= 11 is 1.80. The molecule has 0 saturated heterocycles. The second kappa shape index (κ2) is 6.68. The third-order valence-corrected chi connectivity index (χ3v) is 4.00. The van der Waals surface area contributed by atoms with Gasteiger partial charge in [-0.15, -0.1) is 11.3 Å². The smallest absolute Gasteiger partial charge is 0.212 e. The van der Waals surface area contributed by atoms with Crippen LogP contribution in [0, 0.1) is 5.92 Å². The standard InChI is InChI=1S/C15H20N2OS/c1-11(2)15(13-5-4-8-19-13)17-10-12-6-7-14(18-3)16-9-12/h4-9,11,15,17H,10H2,1-3H3. The molecule has 0 aliphatic carbocycles. The normalized spacial score (nSPS) is 12.6. The molecule has 1 atom stereocenters. The highest BCUT2D eigenvalue weighted by Gasteiger charge is 2.15. The van der Waals surface area contributed by atoms with Crippen molar-refractivity contribution >= 4 is 11.3 Å². The first kappa shape index (κ1) is 14.0. The van der Waals surface area contributed by atoms with Gasteiger partial charge in [-0.25, -0.2) is 4.98 Å². The van der Waals surface area contributed by atoms with Crippen LogP contribution in [0.15, 0.2) is 35.8 Å². The number of nitrogens with one attached hydrogen (secondary N) is 1. The van der Waals surface area contributed by atoms with Crippen LogP contribution in [-0.2, 0) is 6.54 Å². The lowest BCUT2D eigenvalue weighted by atomic mass is 10.0. The van der Waals surface area contributed by atoms with Crippen LogP contribution in [0.4, 0.5) is 0 Å². The van der Waals surface area contributed by atoms with E-state index < -0.39 is 0 Å². The first-order valence-electron chi connectivity index (χ1n) is 6.46. The predicted octanol–water partition coefficient (Wildman–Crippen LogP) is 3.64. The van der Waals surface area contributed by atoms with Gasteiger partial charge in [0.25, 0.3) is 0 Å². The molecule has 0 spiro atoms. The zero-order chi connectivity index (χ0) is 13.7. The van der Waals surface area contributed by atoms with Crippen LogP contribution in [0.3, 0.4) is 0 Å². The maximum absolute atomic E-state index is 5.06. The molecule has 2 rings (SSSR count). The van der Waals surface area contributed by atoms with Crippen LogP contribution in [0.5, 0.6) is 5.88 Å². The number of hydrogen-bond acceptors (Lipinski definition) is 4. The van der Waals surface area contributed by atoms with Gasteiger partial charge in [0.15, 0.2) is 0 Å². The van der Waals surface area contributed by atoms with E-state index in [9.17, 15) is 0 Å². The lowest BCUT2D eigenvalue weighted by molar-refractivity contribution is 0.396. The van der Waals surface area contributed by atoms with E-state index in [1.165, 1.54) is 10.4 Å². The summed E-state index contributed by atoms with van der Waals surface area (Å²) < 4.78 is 5.06. The predicted molar refractivity (Wildman–Crippen MR) is 79.5 cm³/mol. The Balaban J connectivity index is 1.98. The van der Waals surface area contributed by atoms with Gasteiger partial charge in [0.1, 0.15) is 0 Å². The molecule has 0 bridgehead atoms. The minimum atomic E-state index is 0.391. The van der Waals surface area contributed by atoms with E-state index in [0.717, 1.165) is 6.54 Å². The number of hydrogen-bond donors (Lipinski definition) is 1. The van der Waals surface area contributed by atoms with Gasteiger partial charge in [0.05, 0.1) is 7.11 Å². The minimum absolute atomic E-state index is 0.391. The molecule has 2 aromatic rings. The lowest BCUT2D eigenvalue weighted by Crippen LogP contribution is -2.24. The molecular weight excluding hydrogens is 256 g/mol. The molecule has 0 amide bonds. The fraction of sp³-hybridized carbons (Fsp3) is 0.400. The van der Waals surface area contributed by atoms with Gasteiger partial charge in [-0.05, 0) is 22.9 Å². The summed E-state index contributed by atoms with van der Waals surface area (Å²) in [6.45, 7) is 5.30. The van der Waals surface area contributed by atoms with Crippen molar-refractivity contribution in [1.82, 2.24) is 10.3 Å². The van der Waals surface area contributed by atoms with Gasteiger partial charge in [-0.2, -0.15) is 0 Å². The van der Waals surface area contributed by atoms with Crippen molar-refractivity contribution in [3.63, 3.8) is 0 Å². The Hall–Kier alpha value is -1.39. The molecule has 2 aromatic heterocycles. The van der Waals surface area contributed by atoms with Crippen LogP contribution in [0.2, 0.25) is 0 Å². The molecule has 0 aliphatic heterocycles. The minimum Gasteiger partial charge on any atom is -0.481 e. The second-order valence-corrected chi connectivity index (χ2v) is 5.81. The number of thiophene rings is 1. The molecule has 1 N–H and O–H groups in total. The first-order chi connectivity index (χ1) is 9.20. The molecule has 0 radical (unpaired) electrons. The second-order valence-electron chi connectivity index (χ2n) is 4.83. The molecule has 0 saturated carbocycles. The number of ether oxygens (including phenoxy) is 1. The molecule has 3 nitrogen and oxygen atoms in total. The quantitative estimate of drug-likeness (QED) is 0.874. The van der Waals surface area contributed by atoms with Crippen LogP contribution in [0.1, 0.15) is 30.3 Å². The Morgan fingerprint density at radius 1 is 1.32 bits per heavy atom. The number of rotatable bonds is 6. The summed E-state index contributed by atoms with van der Waals surface area (Å²) in [5.41, 5.74) is 1.17. The summed E-state index contributed by atoms with van der Waals surface area (Å²) in [4.78, 5) is 5.61. The highest BCUT2D eigenvalue weighted by Crippen LogP contribution is 2.26. The maximum atomic E-state index is 5.06. The Morgan fingerprint density at radius 2 is 2.16 bits per heavy atom. The van der Waals surface area contributed by atoms with Gasteiger partial charge in [-0.1, -0.05) is 26.0 Å². The van der Waals surface area contributed by atoms with E-state index >= 15 is 0 Å². The van der Waals surface area contributed by atoms with Crippen molar-refractivity contribution < 1.29 is 4.74 Å². The van der Waals surface area contributed by atoms with Crippen LogP contribution in [0.25, 0.3) is 0 Å². The van der Waals surface area contributed by atoms with E-state index in [-0.39, 0.29) is 0 Å². The van der Waals surface area contributed by atoms with E-state index in [1.807, 2.05) is 18.3 Å². The molecule has 0 fully saturated rings. The van der Waals surface area contributed by atoms with Gasteiger partial charge in [0.2, 0.25) is 5.88 Å². The van der Waals surface area contributed by atoms with E-state index in [2.05, 4.69) is 41.7 Å². The zero-order valence-electron chi connectivity index (χ0n) is 11.6. The van der Waals surface area contributed by atoms with E-state index in [1.54, 1.807) is 18.4 Å². The van der Waals surface area contributed by atoms with Crippen LogP contribution in [-0.4, -0.2) is 12.1 Å². The third kappa shape index (κ3) is 3.78. The fourth-order valence-corrected chi connectivity index (χ4v) is 2.97. The van der Waals surface area contributed by atoms with E-state index in [0.29, 0.717) is 17.8 Å². The highest BCUT2D eigenvalue weighted by molar-refractivity contribution is 7.10. The third-order valence-electron chi connectivity index (χ3n) is 3.05. The number of aromatic nitrogens is 1. The number of pyridine rings is 1. The zero-order valence-corrected chi connectivity index (χ0v) is 12.4. The molecule has 0 aliphatic rings. The number of methoxy groups -OCH3 is 1. The summed E-state index contributed by atoms with van der Waals surface area (Å²) in [6, 6.07) is 8.62. The Kier molecular flexibility index (Phi) is 4.93. The van der Waals surface area contributed by atoms with Crippen molar-refractivity contribution in [3.8, 4) is 5.88 Å². The fourth-order valence-electron chi connectivity index (χ4n) is 2.00. The van der Waals surface area contributed by atoms with Gasteiger partial charge < -0.3 is 10.1 Å². The molecule has 4 heteroatoms. The maximum Gasteiger partial charge on any atom is 0.212 e. The molecule has 102 valence electrons. The molecule has 19 heavy (non-hydrogen) atoms. The summed E-state index contributed by atoms with van der Waals surface area (Å²) in [5, 5.41) is 5.73. The van der Waals surface area contributed by atoms with E-state index in [4.69, 9.17) is 4.74 Å². The lowest BCUT2D eigenvalue weighted by Gasteiger charge is -2.21. The SMILES string of the molecule is COc1ccc(CNC(c2cccs2)C(C)C)cn1. The Bertz CT molecular complexity index is 479. The first-order valence-corrected chi connectivity index (χ1v) is 7.34.